The van der Waals surface area contributed by atoms with Crippen molar-refractivity contribution >= 4 is 17.7 Å². The van der Waals surface area contributed by atoms with Gasteiger partial charge in [0.2, 0.25) is 0 Å². The lowest BCUT2D eigenvalue weighted by molar-refractivity contribution is -0.137. The van der Waals surface area contributed by atoms with Gasteiger partial charge >= 0.3 is 12.1 Å². The number of hydrogen-bond acceptors (Lipinski definition) is 3. The molecule has 8 heteroatoms. The standard InChI is InChI=1S/C13H11F3N2O2S/c1-8-2-3-9(13(14,15)16)6-10(8)18-5-4-17-12(18)21-7-11(19)20/h2-6H,7H2,1H3,(H,19,20). The van der Waals surface area contributed by atoms with Crippen LogP contribution in [0.2, 0.25) is 0 Å². The molecule has 0 unspecified atom stereocenters. The number of carboxylic acids is 1. The highest BCUT2D eigenvalue weighted by Gasteiger charge is 2.31. The molecule has 0 spiro atoms. The van der Waals surface area contributed by atoms with Crippen molar-refractivity contribution in [3.8, 4) is 5.69 Å². The first-order valence-electron chi connectivity index (χ1n) is 5.85. The van der Waals surface area contributed by atoms with E-state index in [2.05, 4.69) is 4.98 Å². The molecular formula is C13H11F3N2O2S. The molecule has 21 heavy (non-hydrogen) atoms. The summed E-state index contributed by atoms with van der Waals surface area (Å²) in [5, 5.41) is 9.01. The van der Waals surface area contributed by atoms with Crippen molar-refractivity contribution < 1.29 is 23.1 Å². The number of imidazole rings is 1. The van der Waals surface area contributed by atoms with Crippen LogP contribution >= 0.6 is 11.8 Å². The third-order valence-electron chi connectivity index (χ3n) is 2.73. The van der Waals surface area contributed by atoms with Crippen molar-refractivity contribution in [1.29, 1.82) is 0 Å². The number of carboxylic acid groups (broad SMARTS) is 1. The Morgan fingerprint density at radius 1 is 1.43 bits per heavy atom. The normalized spacial score (nSPS) is 11.6. The fourth-order valence-corrected chi connectivity index (χ4v) is 2.44. The monoisotopic (exact) mass is 316 g/mol. The van der Waals surface area contributed by atoms with E-state index in [1.807, 2.05) is 0 Å². The number of rotatable bonds is 4. The van der Waals surface area contributed by atoms with Crippen LogP contribution in [0.15, 0.2) is 35.7 Å². The van der Waals surface area contributed by atoms with Crippen LogP contribution < -0.4 is 0 Å². The first-order chi connectivity index (χ1) is 9.79. The van der Waals surface area contributed by atoms with Gasteiger partial charge < -0.3 is 5.11 Å². The van der Waals surface area contributed by atoms with Gasteiger partial charge in [-0.15, -0.1) is 0 Å². The molecule has 0 aliphatic carbocycles. The molecule has 0 radical (unpaired) electrons. The van der Waals surface area contributed by atoms with Crippen LogP contribution in [0, 0.1) is 6.92 Å². The lowest BCUT2D eigenvalue weighted by Crippen LogP contribution is -2.08. The lowest BCUT2D eigenvalue weighted by Gasteiger charge is -2.13. The minimum absolute atomic E-state index is 0.213. The zero-order valence-corrected chi connectivity index (χ0v) is 11.7. The number of benzene rings is 1. The summed E-state index contributed by atoms with van der Waals surface area (Å²) in [6.45, 7) is 1.68. The third-order valence-corrected chi connectivity index (χ3v) is 3.68. The summed E-state index contributed by atoms with van der Waals surface area (Å²) in [4.78, 5) is 14.6. The van der Waals surface area contributed by atoms with Gasteiger partial charge in [0, 0.05) is 12.4 Å². The van der Waals surface area contributed by atoms with Gasteiger partial charge in [-0.05, 0) is 24.6 Å². The van der Waals surface area contributed by atoms with E-state index in [4.69, 9.17) is 5.11 Å². The quantitative estimate of drug-likeness (QED) is 0.879. The molecule has 112 valence electrons. The van der Waals surface area contributed by atoms with Crippen molar-refractivity contribution in [3.05, 3.63) is 41.7 Å². The summed E-state index contributed by atoms with van der Waals surface area (Å²) in [5.41, 5.74) is 0.208. The Bertz CT molecular complexity index is 668. The fourth-order valence-electron chi connectivity index (χ4n) is 1.75. The Balaban J connectivity index is 2.42. The van der Waals surface area contributed by atoms with Crippen LogP contribution in [-0.4, -0.2) is 26.4 Å². The second-order valence-electron chi connectivity index (χ2n) is 4.26. The number of alkyl halides is 3. The molecule has 1 aromatic carbocycles. The summed E-state index contributed by atoms with van der Waals surface area (Å²) < 4.78 is 39.8. The minimum atomic E-state index is -4.43. The Morgan fingerprint density at radius 2 is 2.14 bits per heavy atom. The maximum absolute atomic E-state index is 12.8. The van der Waals surface area contributed by atoms with E-state index in [0.29, 0.717) is 16.4 Å². The third kappa shape index (κ3) is 3.57. The highest BCUT2D eigenvalue weighted by Crippen LogP contribution is 2.32. The van der Waals surface area contributed by atoms with Gasteiger partial charge in [0.15, 0.2) is 5.16 Å². The van der Waals surface area contributed by atoms with E-state index in [9.17, 15) is 18.0 Å². The zero-order chi connectivity index (χ0) is 15.6. The molecule has 0 aliphatic heterocycles. The SMILES string of the molecule is Cc1ccc(C(F)(F)F)cc1-n1ccnc1SCC(=O)O. The molecule has 0 atom stereocenters. The largest absolute Gasteiger partial charge is 0.481 e. The summed E-state index contributed by atoms with van der Waals surface area (Å²) >= 11 is 0.950. The van der Waals surface area contributed by atoms with Gasteiger partial charge in [-0.1, -0.05) is 17.8 Å². The zero-order valence-electron chi connectivity index (χ0n) is 10.9. The Morgan fingerprint density at radius 3 is 2.76 bits per heavy atom. The molecule has 0 saturated carbocycles. The molecule has 4 nitrogen and oxygen atoms in total. The highest BCUT2D eigenvalue weighted by atomic mass is 32.2. The van der Waals surface area contributed by atoms with Crippen LogP contribution in [0.4, 0.5) is 13.2 Å². The number of thioether (sulfide) groups is 1. The Labute approximate surface area is 122 Å². The molecule has 1 N–H and O–H groups in total. The van der Waals surface area contributed by atoms with Crippen molar-refractivity contribution in [2.24, 2.45) is 0 Å². The average Bonchev–Trinajstić information content (AvgIpc) is 2.83. The molecule has 0 bridgehead atoms. The van der Waals surface area contributed by atoms with Crippen LogP contribution in [0.3, 0.4) is 0 Å². The lowest BCUT2D eigenvalue weighted by atomic mass is 10.1. The summed E-state index contributed by atoms with van der Waals surface area (Å²) in [5.74, 6) is -1.23. The van der Waals surface area contributed by atoms with Crippen molar-refractivity contribution in [2.45, 2.75) is 18.3 Å². The second kappa shape index (κ2) is 5.80. The van der Waals surface area contributed by atoms with E-state index in [1.165, 1.54) is 23.0 Å². The van der Waals surface area contributed by atoms with E-state index >= 15 is 0 Å². The summed E-state index contributed by atoms with van der Waals surface area (Å²) in [7, 11) is 0. The Kier molecular flexibility index (Phi) is 4.26. The topological polar surface area (TPSA) is 55.1 Å². The number of aliphatic carboxylic acids is 1. The van der Waals surface area contributed by atoms with Gasteiger partial charge in [-0.25, -0.2) is 4.98 Å². The molecule has 2 rings (SSSR count). The number of hydrogen-bond donors (Lipinski definition) is 1. The number of nitrogens with zero attached hydrogens (tertiary/aromatic N) is 2. The molecule has 2 aromatic rings. The minimum Gasteiger partial charge on any atom is -0.481 e. The molecule has 0 saturated heterocycles. The van der Waals surface area contributed by atoms with Crippen molar-refractivity contribution in [2.75, 3.05) is 5.75 Å². The second-order valence-corrected chi connectivity index (χ2v) is 5.20. The van der Waals surface area contributed by atoms with Crippen LogP contribution in [0.25, 0.3) is 5.69 Å². The van der Waals surface area contributed by atoms with Crippen LogP contribution in [0.5, 0.6) is 0 Å². The molecular weight excluding hydrogens is 305 g/mol. The van der Waals surface area contributed by atoms with Gasteiger partial charge in [0.1, 0.15) is 0 Å². The highest BCUT2D eigenvalue weighted by molar-refractivity contribution is 7.99. The molecule has 1 heterocycles. The first kappa shape index (κ1) is 15.4. The van der Waals surface area contributed by atoms with Crippen molar-refractivity contribution in [1.82, 2.24) is 9.55 Å². The number of aryl methyl sites for hydroxylation is 1. The van der Waals surface area contributed by atoms with Crippen molar-refractivity contribution in [3.63, 3.8) is 0 Å². The van der Waals surface area contributed by atoms with Crippen LogP contribution in [-0.2, 0) is 11.0 Å². The summed E-state index contributed by atoms with van der Waals surface area (Å²) in [6.07, 6.45) is -1.51. The molecule has 0 fully saturated rings. The number of halogens is 3. The number of aromatic nitrogens is 2. The molecule has 1 aromatic heterocycles. The van der Waals surface area contributed by atoms with E-state index in [1.54, 1.807) is 6.92 Å². The van der Waals surface area contributed by atoms with Gasteiger partial charge in [0.05, 0.1) is 17.0 Å². The van der Waals surface area contributed by atoms with E-state index in [0.717, 1.165) is 23.9 Å². The van der Waals surface area contributed by atoms with Gasteiger partial charge in [-0.2, -0.15) is 13.2 Å². The van der Waals surface area contributed by atoms with Crippen LogP contribution in [0.1, 0.15) is 11.1 Å². The Hall–Kier alpha value is -1.96. The maximum atomic E-state index is 12.8. The molecule has 0 aliphatic rings. The maximum Gasteiger partial charge on any atom is 0.416 e. The number of carbonyl (C=O) groups is 1. The van der Waals surface area contributed by atoms with Gasteiger partial charge in [0.25, 0.3) is 0 Å². The molecule has 0 amide bonds. The predicted octanol–water partition coefficient (Wildman–Crippen LogP) is 3.38. The first-order valence-corrected chi connectivity index (χ1v) is 6.84. The average molecular weight is 316 g/mol. The predicted molar refractivity (Wildman–Crippen MR) is 71.7 cm³/mol. The fraction of sp³-hybridized carbons (Fsp3) is 0.231. The summed E-state index contributed by atoms with van der Waals surface area (Å²) in [6, 6.07) is 3.42. The van der Waals surface area contributed by atoms with E-state index < -0.39 is 17.7 Å². The van der Waals surface area contributed by atoms with Gasteiger partial charge in [-0.3, -0.25) is 9.36 Å². The smallest absolute Gasteiger partial charge is 0.416 e. The van der Waals surface area contributed by atoms with E-state index in [-0.39, 0.29) is 5.75 Å².